The van der Waals surface area contributed by atoms with Crippen molar-refractivity contribution in [2.24, 2.45) is 0 Å². The van der Waals surface area contributed by atoms with Crippen LogP contribution in [0, 0.1) is 6.92 Å². The average molecular weight is 319 g/mol. The van der Waals surface area contributed by atoms with E-state index in [4.69, 9.17) is 21.1 Å². The van der Waals surface area contributed by atoms with Gasteiger partial charge >= 0.3 is 5.97 Å². The lowest BCUT2D eigenvalue weighted by Crippen LogP contribution is -2.07. The summed E-state index contributed by atoms with van der Waals surface area (Å²) in [6.45, 7) is 4.58. The van der Waals surface area contributed by atoms with Crippen molar-refractivity contribution in [3.63, 3.8) is 0 Å². The van der Waals surface area contributed by atoms with Gasteiger partial charge in [0.25, 0.3) is 0 Å². The summed E-state index contributed by atoms with van der Waals surface area (Å²) in [7, 11) is 0. The van der Waals surface area contributed by atoms with E-state index in [1.165, 1.54) is 0 Å². The number of hydrogen-bond acceptors (Lipinski definition) is 3. The molecule has 0 aliphatic carbocycles. The second-order valence-electron chi connectivity index (χ2n) is 4.95. The van der Waals surface area contributed by atoms with Crippen LogP contribution in [-0.2, 0) is 22.6 Å². The first kappa shape index (κ1) is 16.4. The molecule has 22 heavy (non-hydrogen) atoms. The summed E-state index contributed by atoms with van der Waals surface area (Å²) in [5.74, 6) is 0.475. The molecule has 2 aromatic carbocycles. The van der Waals surface area contributed by atoms with Crippen LogP contribution in [0.15, 0.2) is 42.5 Å². The second kappa shape index (κ2) is 7.85. The van der Waals surface area contributed by atoms with Crippen molar-refractivity contribution in [3.8, 4) is 5.75 Å². The molecule has 0 N–H and O–H groups in total. The predicted octanol–water partition coefficient (Wildman–Crippen LogP) is 4.33. The minimum atomic E-state index is -0.235. The van der Waals surface area contributed by atoms with E-state index in [0.29, 0.717) is 24.0 Å². The normalized spacial score (nSPS) is 10.3. The van der Waals surface area contributed by atoms with Gasteiger partial charge in [0, 0.05) is 10.6 Å². The third kappa shape index (κ3) is 4.50. The number of carbonyl (C=O) groups excluding carboxylic acids is 1. The molecule has 2 rings (SSSR count). The molecule has 0 spiro atoms. The SMILES string of the molecule is CCOC(=O)Cc1cccc(OCc2c(C)cccc2Cl)c1. The lowest BCUT2D eigenvalue weighted by Gasteiger charge is -2.11. The van der Waals surface area contributed by atoms with E-state index in [2.05, 4.69) is 0 Å². The van der Waals surface area contributed by atoms with Gasteiger partial charge in [0.15, 0.2) is 0 Å². The first-order chi connectivity index (χ1) is 10.6. The topological polar surface area (TPSA) is 35.5 Å². The summed E-state index contributed by atoms with van der Waals surface area (Å²) in [5, 5.41) is 0.697. The van der Waals surface area contributed by atoms with E-state index in [9.17, 15) is 4.79 Å². The molecule has 0 unspecified atom stereocenters. The second-order valence-corrected chi connectivity index (χ2v) is 5.36. The van der Waals surface area contributed by atoms with Gasteiger partial charge in [-0.15, -0.1) is 0 Å². The van der Waals surface area contributed by atoms with Gasteiger partial charge < -0.3 is 9.47 Å². The van der Waals surface area contributed by atoms with Gasteiger partial charge in [0.1, 0.15) is 12.4 Å². The van der Waals surface area contributed by atoms with Gasteiger partial charge in [-0.25, -0.2) is 0 Å². The molecule has 4 heteroatoms. The summed E-state index contributed by atoms with van der Waals surface area (Å²) >= 11 is 6.19. The van der Waals surface area contributed by atoms with Gasteiger partial charge in [-0.3, -0.25) is 4.79 Å². The fourth-order valence-corrected chi connectivity index (χ4v) is 2.41. The molecule has 0 aromatic heterocycles. The van der Waals surface area contributed by atoms with Crippen LogP contribution in [0.5, 0.6) is 5.75 Å². The third-order valence-corrected chi connectivity index (χ3v) is 3.64. The van der Waals surface area contributed by atoms with E-state index in [0.717, 1.165) is 16.7 Å². The Morgan fingerprint density at radius 2 is 1.95 bits per heavy atom. The molecule has 0 atom stereocenters. The number of ether oxygens (including phenoxy) is 2. The number of aryl methyl sites for hydroxylation is 1. The molecule has 2 aromatic rings. The van der Waals surface area contributed by atoms with Crippen molar-refractivity contribution in [2.75, 3.05) is 6.61 Å². The Morgan fingerprint density at radius 3 is 2.68 bits per heavy atom. The van der Waals surface area contributed by atoms with Crippen LogP contribution in [0.25, 0.3) is 0 Å². The highest BCUT2D eigenvalue weighted by atomic mass is 35.5. The molecule has 0 fully saturated rings. The molecule has 0 saturated carbocycles. The Kier molecular flexibility index (Phi) is 5.84. The number of esters is 1. The highest BCUT2D eigenvalue weighted by Gasteiger charge is 2.07. The van der Waals surface area contributed by atoms with Gasteiger partial charge in [-0.05, 0) is 43.2 Å². The van der Waals surface area contributed by atoms with Gasteiger partial charge in [0.05, 0.1) is 13.0 Å². The maximum atomic E-state index is 11.5. The third-order valence-electron chi connectivity index (χ3n) is 3.29. The zero-order chi connectivity index (χ0) is 15.9. The molecule has 0 heterocycles. The number of carbonyl (C=O) groups is 1. The molecule has 0 aliphatic heterocycles. The minimum Gasteiger partial charge on any atom is -0.489 e. The van der Waals surface area contributed by atoms with Crippen molar-refractivity contribution in [1.82, 2.24) is 0 Å². The van der Waals surface area contributed by atoms with Crippen molar-refractivity contribution >= 4 is 17.6 Å². The monoisotopic (exact) mass is 318 g/mol. The standard InChI is InChI=1S/C18H19ClO3/c1-3-21-18(20)11-14-7-5-8-15(10-14)22-12-16-13(2)6-4-9-17(16)19/h4-10H,3,11-12H2,1-2H3. The average Bonchev–Trinajstić information content (AvgIpc) is 2.47. The van der Waals surface area contributed by atoms with E-state index < -0.39 is 0 Å². The van der Waals surface area contributed by atoms with Gasteiger partial charge in [-0.1, -0.05) is 35.9 Å². The van der Waals surface area contributed by atoms with E-state index in [1.807, 2.05) is 49.4 Å². The van der Waals surface area contributed by atoms with Crippen LogP contribution in [-0.4, -0.2) is 12.6 Å². The van der Waals surface area contributed by atoms with Crippen LogP contribution in [0.2, 0.25) is 5.02 Å². The first-order valence-corrected chi connectivity index (χ1v) is 7.59. The molecular formula is C18H19ClO3. The van der Waals surface area contributed by atoms with E-state index in [-0.39, 0.29) is 12.4 Å². The highest BCUT2D eigenvalue weighted by Crippen LogP contribution is 2.22. The first-order valence-electron chi connectivity index (χ1n) is 7.21. The smallest absolute Gasteiger partial charge is 0.310 e. The molecule has 0 radical (unpaired) electrons. The fraction of sp³-hybridized carbons (Fsp3) is 0.278. The van der Waals surface area contributed by atoms with Crippen molar-refractivity contribution in [2.45, 2.75) is 26.9 Å². The maximum absolute atomic E-state index is 11.5. The summed E-state index contributed by atoms with van der Waals surface area (Å²) in [4.78, 5) is 11.5. The van der Waals surface area contributed by atoms with Crippen molar-refractivity contribution < 1.29 is 14.3 Å². The number of hydrogen-bond donors (Lipinski definition) is 0. The Balaban J connectivity index is 2.03. The summed E-state index contributed by atoms with van der Waals surface area (Å²) in [6.07, 6.45) is 0.246. The predicted molar refractivity (Wildman–Crippen MR) is 87.3 cm³/mol. The molecule has 3 nitrogen and oxygen atoms in total. The maximum Gasteiger partial charge on any atom is 0.310 e. The number of halogens is 1. The van der Waals surface area contributed by atoms with Crippen LogP contribution < -0.4 is 4.74 Å². The molecule has 0 amide bonds. The zero-order valence-electron chi connectivity index (χ0n) is 12.8. The lowest BCUT2D eigenvalue weighted by atomic mass is 10.1. The minimum absolute atomic E-state index is 0.235. The lowest BCUT2D eigenvalue weighted by molar-refractivity contribution is -0.142. The Hall–Kier alpha value is -2.00. The fourth-order valence-electron chi connectivity index (χ4n) is 2.13. The molecule has 116 valence electrons. The van der Waals surface area contributed by atoms with Crippen LogP contribution >= 0.6 is 11.6 Å². The summed E-state index contributed by atoms with van der Waals surface area (Å²) < 4.78 is 10.7. The van der Waals surface area contributed by atoms with Crippen LogP contribution in [0.1, 0.15) is 23.6 Å². The highest BCUT2D eigenvalue weighted by molar-refractivity contribution is 6.31. The van der Waals surface area contributed by atoms with E-state index in [1.54, 1.807) is 6.92 Å². The number of rotatable bonds is 6. The summed E-state index contributed by atoms with van der Waals surface area (Å²) in [5.41, 5.74) is 2.93. The van der Waals surface area contributed by atoms with E-state index >= 15 is 0 Å². The molecular weight excluding hydrogens is 300 g/mol. The molecule has 0 saturated heterocycles. The van der Waals surface area contributed by atoms with Gasteiger partial charge in [0.2, 0.25) is 0 Å². The Morgan fingerprint density at radius 1 is 1.18 bits per heavy atom. The van der Waals surface area contributed by atoms with Crippen LogP contribution in [0.3, 0.4) is 0 Å². The van der Waals surface area contributed by atoms with Crippen LogP contribution in [0.4, 0.5) is 0 Å². The number of benzene rings is 2. The zero-order valence-corrected chi connectivity index (χ0v) is 13.5. The largest absolute Gasteiger partial charge is 0.489 e. The quantitative estimate of drug-likeness (QED) is 0.743. The van der Waals surface area contributed by atoms with Crippen molar-refractivity contribution in [3.05, 3.63) is 64.2 Å². The molecule has 0 bridgehead atoms. The van der Waals surface area contributed by atoms with Gasteiger partial charge in [-0.2, -0.15) is 0 Å². The Bertz CT molecular complexity index is 632. The summed E-state index contributed by atoms with van der Waals surface area (Å²) in [6, 6.07) is 13.2. The Labute approximate surface area is 135 Å². The molecule has 0 aliphatic rings. The van der Waals surface area contributed by atoms with Crippen molar-refractivity contribution in [1.29, 1.82) is 0 Å².